The first-order chi connectivity index (χ1) is 8.34. The van der Waals surface area contributed by atoms with Gasteiger partial charge >= 0.3 is 0 Å². The zero-order valence-electron chi connectivity index (χ0n) is 9.08. The summed E-state index contributed by atoms with van der Waals surface area (Å²) in [4.78, 5) is 11.7. The number of hydrogen-bond donors (Lipinski definition) is 0. The molecule has 3 nitrogen and oxygen atoms in total. The van der Waals surface area contributed by atoms with Crippen LogP contribution in [0, 0.1) is 0 Å². The molecule has 0 amide bonds. The van der Waals surface area contributed by atoms with Gasteiger partial charge in [0.1, 0.15) is 0 Å². The van der Waals surface area contributed by atoms with Gasteiger partial charge in [0, 0.05) is 23.5 Å². The fraction of sp³-hybridized carbons (Fsp3) is 0. The van der Waals surface area contributed by atoms with Crippen molar-refractivity contribution in [3.63, 3.8) is 0 Å². The number of carbonyl (C=O) groups is 1. The molecule has 0 aliphatic heterocycles. The van der Waals surface area contributed by atoms with E-state index >= 15 is 0 Å². The fourth-order valence-electron chi connectivity index (χ4n) is 1.86. The van der Waals surface area contributed by atoms with E-state index in [0.717, 1.165) is 11.3 Å². The lowest BCUT2D eigenvalue weighted by atomic mass is 9.94. The molecule has 1 aromatic heterocycles. The normalized spacial score (nSPS) is 16.2. The molecule has 3 heteroatoms. The van der Waals surface area contributed by atoms with Gasteiger partial charge in [0.15, 0.2) is 5.78 Å². The molecule has 1 heterocycles. The van der Waals surface area contributed by atoms with Crippen LogP contribution in [0.5, 0.6) is 0 Å². The lowest BCUT2D eigenvalue weighted by molar-refractivity contribution is 0.104. The standard InChI is InChI=1S/C14H10N2O/c17-14-8-7-13(15-16-9-3-4-10-16)11-5-1-2-6-12(11)14/h1-10H/b15-13+. The Labute approximate surface area is 98.7 Å². The number of ketones is 1. The van der Waals surface area contributed by atoms with Crippen molar-refractivity contribution < 1.29 is 4.79 Å². The summed E-state index contributed by atoms with van der Waals surface area (Å²) in [6, 6.07) is 11.3. The highest BCUT2D eigenvalue weighted by Crippen LogP contribution is 2.17. The Hall–Kier alpha value is -2.42. The van der Waals surface area contributed by atoms with Crippen LogP contribution in [0.15, 0.2) is 66.0 Å². The number of benzene rings is 1. The number of aromatic nitrogens is 1. The molecule has 0 saturated carbocycles. The Kier molecular flexibility index (Phi) is 2.22. The SMILES string of the molecule is O=C1C=C/C(=N\n2cccc2)c2ccccc21. The van der Waals surface area contributed by atoms with E-state index in [1.165, 1.54) is 0 Å². The molecule has 0 N–H and O–H groups in total. The van der Waals surface area contributed by atoms with Crippen molar-refractivity contribution >= 4 is 11.5 Å². The Balaban J connectivity index is 2.14. The predicted octanol–water partition coefficient (Wildman–Crippen LogP) is 2.49. The van der Waals surface area contributed by atoms with Gasteiger partial charge in [-0.25, -0.2) is 4.68 Å². The quantitative estimate of drug-likeness (QED) is 0.730. The van der Waals surface area contributed by atoms with E-state index < -0.39 is 0 Å². The third-order valence-corrected chi connectivity index (χ3v) is 2.67. The van der Waals surface area contributed by atoms with E-state index in [-0.39, 0.29) is 5.78 Å². The fourth-order valence-corrected chi connectivity index (χ4v) is 1.86. The van der Waals surface area contributed by atoms with Gasteiger partial charge in [-0.05, 0) is 24.3 Å². The second-order valence-electron chi connectivity index (χ2n) is 3.79. The third kappa shape index (κ3) is 1.72. The molecule has 1 aliphatic carbocycles. The number of hydrogen-bond acceptors (Lipinski definition) is 2. The van der Waals surface area contributed by atoms with E-state index in [4.69, 9.17) is 0 Å². The lowest BCUT2D eigenvalue weighted by Crippen LogP contribution is -2.13. The monoisotopic (exact) mass is 222 g/mol. The molecule has 0 unspecified atom stereocenters. The maximum Gasteiger partial charge on any atom is 0.186 e. The minimum atomic E-state index is 0.0343. The van der Waals surface area contributed by atoms with Gasteiger partial charge in [-0.2, -0.15) is 5.10 Å². The zero-order valence-corrected chi connectivity index (χ0v) is 9.08. The number of allylic oxidation sites excluding steroid dienone is 2. The Morgan fingerprint density at radius 3 is 2.35 bits per heavy atom. The van der Waals surface area contributed by atoms with Gasteiger partial charge in [0.2, 0.25) is 0 Å². The maximum atomic E-state index is 11.7. The van der Waals surface area contributed by atoms with Crippen LogP contribution in [-0.2, 0) is 0 Å². The molecule has 0 saturated heterocycles. The highest BCUT2D eigenvalue weighted by molar-refractivity contribution is 6.23. The minimum absolute atomic E-state index is 0.0343. The van der Waals surface area contributed by atoms with Crippen LogP contribution in [0.2, 0.25) is 0 Å². The minimum Gasteiger partial charge on any atom is -0.289 e. The molecule has 2 aromatic rings. The van der Waals surface area contributed by atoms with Crippen LogP contribution in [0.4, 0.5) is 0 Å². The molecule has 0 bridgehead atoms. The molecule has 0 atom stereocenters. The van der Waals surface area contributed by atoms with Crippen molar-refractivity contribution in [2.45, 2.75) is 0 Å². The number of rotatable bonds is 1. The van der Waals surface area contributed by atoms with E-state index in [1.54, 1.807) is 16.8 Å². The molecule has 0 spiro atoms. The summed E-state index contributed by atoms with van der Waals surface area (Å²) in [7, 11) is 0. The summed E-state index contributed by atoms with van der Waals surface area (Å²) < 4.78 is 1.73. The maximum absolute atomic E-state index is 11.7. The van der Waals surface area contributed by atoms with Gasteiger partial charge in [0.05, 0.1) is 5.71 Å². The smallest absolute Gasteiger partial charge is 0.186 e. The van der Waals surface area contributed by atoms with Crippen molar-refractivity contribution in [1.82, 2.24) is 4.68 Å². The van der Waals surface area contributed by atoms with Crippen LogP contribution < -0.4 is 0 Å². The van der Waals surface area contributed by atoms with Crippen LogP contribution >= 0.6 is 0 Å². The highest BCUT2D eigenvalue weighted by Gasteiger charge is 2.16. The van der Waals surface area contributed by atoms with Crippen LogP contribution in [0.3, 0.4) is 0 Å². The van der Waals surface area contributed by atoms with Crippen molar-refractivity contribution in [3.05, 3.63) is 72.1 Å². The molecular weight excluding hydrogens is 212 g/mol. The molecule has 0 radical (unpaired) electrons. The summed E-state index contributed by atoms with van der Waals surface area (Å²) in [5.74, 6) is 0.0343. The number of fused-ring (bicyclic) bond motifs is 1. The Bertz CT molecular complexity index is 621. The van der Waals surface area contributed by atoms with Gasteiger partial charge in [-0.1, -0.05) is 24.3 Å². The van der Waals surface area contributed by atoms with Crippen LogP contribution in [0.25, 0.3) is 0 Å². The summed E-state index contributed by atoms with van der Waals surface area (Å²) in [5, 5.41) is 4.45. The highest BCUT2D eigenvalue weighted by atomic mass is 16.1. The number of carbonyl (C=O) groups excluding carboxylic acids is 1. The van der Waals surface area contributed by atoms with Crippen LogP contribution in [0.1, 0.15) is 15.9 Å². The molecule has 17 heavy (non-hydrogen) atoms. The van der Waals surface area contributed by atoms with Crippen molar-refractivity contribution in [1.29, 1.82) is 0 Å². The Morgan fingerprint density at radius 1 is 0.882 bits per heavy atom. The molecule has 1 aromatic carbocycles. The summed E-state index contributed by atoms with van der Waals surface area (Å²) in [5.41, 5.74) is 2.39. The second-order valence-corrected chi connectivity index (χ2v) is 3.79. The summed E-state index contributed by atoms with van der Waals surface area (Å²) >= 11 is 0. The van der Waals surface area contributed by atoms with Crippen molar-refractivity contribution in [2.75, 3.05) is 0 Å². The van der Waals surface area contributed by atoms with E-state index in [1.807, 2.05) is 48.8 Å². The Morgan fingerprint density at radius 2 is 1.59 bits per heavy atom. The second kappa shape index (κ2) is 3.87. The van der Waals surface area contributed by atoms with Crippen molar-refractivity contribution in [3.8, 4) is 0 Å². The summed E-state index contributed by atoms with van der Waals surface area (Å²) in [6.07, 6.45) is 7.04. The van der Waals surface area contributed by atoms with Gasteiger partial charge in [-0.15, -0.1) is 0 Å². The molecular formula is C14H10N2O. The average molecular weight is 222 g/mol. The molecule has 1 aliphatic rings. The van der Waals surface area contributed by atoms with Gasteiger partial charge < -0.3 is 0 Å². The predicted molar refractivity (Wildman–Crippen MR) is 66.3 cm³/mol. The van der Waals surface area contributed by atoms with E-state index in [2.05, 4.69) is 5.10 Å². The summed E-state index contributed by atoms with van der Waals surface area (Å²) in [6.45, 7) is 0. The molecule has 0 fully saturated rings. The van der Waals surface area contributed by atoms with E-state index in [0.29, 0.717) is 5.56 Å². The van der Waals surface area contributed by atoms with E-state index in [9.17, 15) is 4.79 Å². The lowest BCUT2D eigenvalue weighted by Gasteiger charge is -2.11. The zero-order chi connectivity index (χ0) is 11.7. The number of nitrogens with zero attached hydrogens (tertiary/aromatic N) is 2. The van der Waals surface area contributed by atoms with Crippen LogP contribution in [-0.4, -0.2) is 16.2 Å². The average Bonchev–Trinajstić information content (AvgIpc) is 2.86. The van der Waals surface area contributed by atoms with Crippen molar-refractivity contribution in [2.24, 2.45) is 5.10 Å². The molecule has 3 rings (SSSR count). The molecule has 82 valence electrons. The first-order valence-electron chi connectivity index (χ1n) is 5.38. The third-order valence-electron chi connectivity index (χ3n) is 2.67. The first kappa shape index (κ1) is 9.78. The first-order valence-corrected chi connectivity index (χ1v) is 5.38. The topological polar surface area (TPSA) is 34.4 Å². The largest absolute Gasteiger partial charge is 0.289 e. The van der Waals surface area contributed by atoms with Gasteiger partial charge in [0.25, 0.3) is 0 Å². The van der Waals surface area contributed by atoms with Gasteiger partial charge in [-0.3, -0.25) is 4.79 Å².